The van der Waals surface area contributed by atoms with E-state index in [4.69, 9.17) is 16.3 Å². The molecule has 1 N–H and O–H groups in total. The van der Waals surface area contributed by atoms with E-state index in [1.165, 1.54) is 30.3 Å². The second-order valence-corrected chi connectivity index (χ2v) is 12.7. The van der Waals surface area contributed by atoms with Crippen molar-refractivity contribution in [2.24, 2.45) is 0 Å². The van der Waals surface area contributed by atoms with Crippen LogP contribution < -0.4 is 9.46 Å². The molecular formula is C34H34ClF3N2O4S. The number of rotatable bonds is 14. The van der Waals surface area contributed by atoms with Gasteiger partial charge in [0, 0.05) is 18.7 Å². The van der Waals surface area contributed by atoms with Gasteiger partial charge in [-0.3, -0.25) is 9.69 Å². The smallest absolute Gasteiger partial charge is 0.417 e. The van der Waals surface area contributed by atoms with Gasteiger partial charge in [0.25, 0.3) is 15.9 Å². The lowest BCUT2D eigenvalue weighted by Gasteiger charge is -2.27. The Kier molecular flexibility index (Phi) is 11.7. The summed E-state index contributed by atoms with van der Waals surface area (Å²) in [4.78, 5) is 14.7. The Balaban J connectivity index is 1.35. The number of halogens is 4. The predicted molar refractivity (Wildman–Crippen MR) is 169 cm³/mol. The summed E-state index contributed by atoms with van der Waals surface area (Å²) in [6.07, 6.45) is -3.22. The number of amides is 1. The molecule has 1 unspecified atom stereocenters. The molecule has 45 heavy (non-hydrogen) atoms. The molecule has 6 nitrogen and oxygen atoms in total. The van der Waals surface area contributed by atoms with Crippen molar-refractivity contribution in [3.63, 3.8) is 0 Å². The Morgan fingerprint density at radius 1 is 0.911 bits per heavy atom. The number of hydrogen-bond donors (Lipinski definition) is 1. The van der Waals surface area contributed by atoms with E-state index >= 15 is 0 Å². The standard InChI is InChI=1S/C34H34ClF3N2O4S/c1-25(26-12-4-2-5-13-26)23-40(24-28-15-11-19-31(32(28)35)34(36,37)38)20-8-9-21-44-29-16-10-14-27(22-29)33(41)39-45(42,43)30-17-6-3-7-18-30/h2-7,10-19,22,25H,8-9,20-21,23-24H2,1H3,(H,39,41). The third kappa shape index (κ3) is 9.81. The molecule has 0 fully saturated rings. The third-order valence-corrected chi connectivity index (χ3v) is 8.99. The second-order valence-electron chi connectivity index (χ2n) is 10.7. The Bertz CT molecular complexity index is 1670. The lowest BCUT2D eigenvalue weighted by Crippen LogP contribution is -2.30. The fourth-order valence-electron chi connectivity index (χ4n) is 4.87. The van der Waals surface area contributed by atoms with E-state index in [0.717, 1.165) is 11.6 Å². The van der Waals surface area contributed by atoms with Crippen molar-refractivity contribution in [2.45, 2.75) is 43.3 Å². The Labute approximate surface area is 266 Å². The number of sulfonamides is 1. The summed E-state index contributed by atoms with van der Waals surface area (Å²) < 4.78 is 73.4. The highest BCUT2D eigenvalue weighted by atomic mass is 35.5. The van der Waals surface area contributed by atoms with E-state index in [0.29, 0.717) is 43.9 Å². The summed E-state index contributed by atoms with van der Waals surface area (Å²) in [7, 11) is -4.02. The van der Waals surface area contributed by atoms with Crippen LogP contribution in [0.1, 0.15) is 52.7 Å². The molecule has 0 saturated carbocycles. The van der Waals surface area contributed by atoms with Crippen LogP contribution in [0, 0.1) is 0 Å². The van der Waals surface area contributed by atoms with Crippen LogP contribution >= 0.6 is 11.6 Å². The fourth-order valence-corrected chi connectivity index (χ4v) is 6.15. The first kappa shape index (κ1) is 34.0. The summed E-state index contributed by atoms with van der Waals surface area (Å²) in [6.45, 7) is 3.85. The van der Waals surface area contributed by atoms with Crippen LogP contribution in [0.5, 0.6) is 5.75 Å². The first-order valence-electron chi connectivity index (χ1n) is 14.4. The molecule has 238 valence electrons. The van der Waals surface area contributed by atoms with Crippen LogP contribution in [0.15, 0.2) is 108 Å². The molecule has 0 radical (unpaired) electrons. The number of nitrogens with zero attached hydrogens (tertiary/aromatic N) is 1. The molecule has 4 aromatic carbocycles. The zero-order valence-corrected chi connectivity index (χ0v) is 26.2. The van der Waals surface area contributed by atoms with E-state index in [9.17, 15) is 26.4 Å². The van der Waals surface area contributed by atoms with E-state index in [-0.39, 0.29) is 27.9 Å². The molecular weight excluding hydrogens is 625 g/mol. The Morgan fingerprint density at radius 3 is 2.27 bits per heavy atom. The summed E-state index contributed by atoms with van der Waals surface area (Å²) in [5.41, 5.74) is 0.819. The summed E-state index contributed by atoms with van der Waals surface area (Å²) >= 11 is 6.22. The second kappa shape index (κ2) is 15.4. The highest BCUT2D eigenvalue weighted by Gasteiger charge is 2.34. The molecule has 0 bridgehead atoms. The van der Waals surface area contributed by atoms with Gasteiger partial charge in [0.15, 0.2) is 0 Å². The first-order chi connectivity index (χ1) is 21.4. The molecule has 0 aromatic heterocycles. The van der Waals surface area contributed by atoms with Gasteiger partial charge in [0.1, 0.15) is 5.75 Å². The molecule has 0 aliphatic carbocycles. The van der Waals surface area contributed by atoms with Crippen LogP contribution in [0.2, 0.25) is 5.02 Å². The monoisotopic (exact) mass is 658 g/mol. The number of unbranched alkanes of at least 4 members (excludes halogenated alkanes) is 1. The Hall–Kier alpha value is -3.86. The highest BCUT2D eigenvalue weighted by molar-refractivity contribution is 7.90. The fraction of sp³-hybridized carbons (Fsp3) is 0.265. The van der Waals surface area contributed by atoms with E-state index in [2.05, 4.69) is 16.5 Å². The van der Waals surface area contributed by atoms with E-state index < -0.39 is 27.7 Å². The van der Waals surface area contributed by atoms with Crippen LogP contribution in [0.3, 0.4) is 0 Å². The van der Waals surface area contributed by atoms with Crippen molar-refractivity contribution in [1.29, 1.82) is 0 Å². The number of ether oxygens (including phenoxy) is 1. The molecule has 0 saturated heterocycles. The zero-order chi connectivity index (χ0) is 32.5. The molecule has 0 aliphatic rings. The molecule has 1 atom stereocenters. The molecule has 1 amide bonds. The molecule has 4 rings (SSSR count). The zero-order valence-electron chi connectivity index (χ0n) is 24.6. The van der Waals surface area contributed by atoms with Crippen molar-refractivity contribution < 1.29 is 31.1 Å². The molecule has 0 aliphatic heterocycles. The van der Waals surface area contributed by atoms with E-state index in [1.807, 2.05) is 30.3 Å². The Morgan fingerprint density at radius 2 is 1.58 bits per heavy atom. The van der Waals surface area contributed by atoms with Gasteiger partial charge >= 0.3 is 6.18 Å². The minimum absolute atomic E-state index is 0.0201. The quantitative estimate of drug-likeness (QED) is 0.139. The largest absolute Gasteiger partial charge is 0.494 e. The average molecular weight is 659 g/mol. The van der Waals surface area contributed by atoms with Crippen molar-refractivity contribution in [1.82, 2.24) is 9.62 Å². The molecule has 11 heteroatoms. The van der Waals surface area contributed by atoms with Crippen molar-refractivity contribution in [2.75, 3.05) is 19.7 Å². The van der Waals surface area contributed by atoms with Crippen LogP contribution in [0.25, 0.3) is 0 Å². The van der Waals surface area contributed by atoms with Crippen LogP contribution in [0.4, 0.5) is 13.2 Å². The maximum Gasteiger partial charge on any atom is 0.417 e. The van der Waals surface area contributed by atoms with E-state index in [1.54, 1.807) is 36.4 Å². The number of hydrogen-bond acceptors (Lipinski definition) is 5. The van der Waals surface area contributed by atoms with Gasteiger partial charge < -0.3 is 4.74 Å². The number of carbonyl (C=O) groups excluding carboxylic acids is 1. The highest BCUT2D eigenvalue weighted by Crippen LogP contribution is 2.36. The average Bonchev–Trinajstić information content (AvgIpc) is 3.02. The van der Waals surface area contributed by atoms with Gasteiger partial charge in [0.05, 0.1) is 22.1 Å². The number of nitrogens with one attached hydrogen (secondary N) is 1. The van der Waals surface area contributed by atoms with Gasteiger partial charge in [-0.25, -0.2) is 13.1 Å². The lowest BCUT2D eigenvalue weighted by molar-refractivity contribution is -0.137. The lowest BCUT2D eigenvalue weighted by atomic mass is 10.00. The van der Waals surface area contributed by atoms with Crippen molar-refractivity contribution >= 4 is 27.5 Å². The maximum atomic E-state index is 13.5. The third-order valence-electron chi connectivity index (χ3n) is 7.19. The van der Waals surface area contributed by atoms with Gasteiger partial charge in [-0.2, -0.15) is 13.2 Å². The van der Waals surface area contributed by atoms with Crippen LogP contribution in [-0.4, -0.2) is 38.9 Å². The SMILES string of the molecule is CC(CN(CCCCOc1cccc(C(=O)NS(=O)(=O)c2ccccc2)c1)Cc1cccc(C(F)(F)F)c1Cl)c1ccccc1. The van der Waals surface area contributed by atoms with Gasteiger partial charge in [-0.05, 0) is 72.8 Å². The van der Waals surface area contributed by atoms with Gasteiger partial charge in [0.2, 0.25) is 0 Å². The summed E-state index contributed by atoms with van der Waals surface area (Å²) in [5.74, 6) is -0.239. The van der Waals surface area contributed by atoms with Crippen molar-refractivity contribution in [3.8, 4) is 5.75 Å². The summed E-state index contributed by atoms with van der Waals surface area (Å²) in [6, 6.07) is 27.7. The van der Waals surface area contributed by atoms with Gasteiger partial charge in [-0.1, -0.05) is 85.3 Å². The molecule has 4 aromatic rings. The predicted octanol–water partition coefficient (Wildman–Crippen LogP) is 7.94. The van der Waals surface area contributed by atoms with Crippen LogP contribution in [-0.2, 0) is 22.7 Å². The minimum atomic E-state index is -4.54. The number of alkyl halides is 3. The molecule has 0 spiro atoms. The maximum absolute atomic E-state index is 13.5. The topological polar surface area (TPSA) is 75.7 Å². The number of benzene rings is 4. The van der Waals surface area contributed by atoms with Crippen molar-refractivity contribution in [3.05, 3.63) is 130 Å². The first-order valence-corrected chi connectivity index (χ1v) is 16.3. The normalized spacial score (nSPS) is 12.6. The van der Waals surface area contributed by atoms with Gasteiger partial charge in [-0.15, -0.1) is 0 Å². The minimum Gasteiger partial charge on any atom is -0.494 e. The number of carbonyl (C=O) groups is 1. The molecule has 0 heterocycles. The summed E-state index contributed by atoms with van der Waals surface area (Å²) in [5, 5.41) is -0.286.